The van der Waals surface area contributed by atoms with Gasteiger partial charge in [-0.15, -0.1) is 0 Å². The highest BCUT2D eigenvalue weighted by Gasteiger charge is 2.24. The van der Waals surface area contributed by atoms with Crippen LogP contribution < -0.4 is 0 Å². The number of hydrogen-bond donors (Lipinski definition) is 0. The average Bonchev–Trinajstić information content (AvgIpc) is 2.89. The fraction of sp³-hybridized carbons (Fsp3) is 0.0526. The van der Waals surface area contributed by atoms with Gasteiger partial charge in [0.2, 0.25) is 5.90 Å². The van der Waals surface area contributed by atoms with E-state index in [4.69, 9.17) is 4.74 Å². The molecule has 0 spiro atoms. The average molecular weight is 307 g/mol. The molecular weight excluding hydrogens is 293 g/mol. The molecule has 4 heteroatoms. The van der Waals surface area contributed by atoms with Crippen LogP contribution >= 0.6 is 0 Å². The summed E-state index contributed by atoms with van der Waals surface area (Å²) in [5.74, 6) is -0.822. The Bertz CT molecular complexity index is 835. The minimum absolute atomic E-state index is 0.119. The van der Waals surface area contributed by atoms with Crippen LogP contribution in [0.4, 0.5) is 4.39 Å². The number of cyclic esters (lactones) is 1. The molecule has 2 aromatic rings. The zero-order valence-electron chi connectivity index (χ0n) is 12.5. The summed E-state index contributed by atoms with van der Waals surface area (Å²) >= 11 is 0. The van der Waals surface area contributed by atoms with Crippen LogP contribution in [0, 0.1) is 5.82 Å². The molecule has 1 aliphatic heterocycles. The first-order chi connectivity index (χ1) is 11.1. The smallest absolute Gasteiger partial charge is 0.363 e. The lowest BCUT2D eigenvalue weighted by molar-refractivity contribution is -0.130. The van der Waals surface area contributed by atoms with Crippen molar-refractivity contribution in [1.29, 1.82) is 0 Å². The Morgan fingerprint density at radius 3 is 2.65 bits per heavy atom. The summed E-state index contributed by atoms with van der Waals surface area (Å²) in [7, 11) is 0. The van der Waals surface area contributed by atoms with Crippen molar-refractivity contribution < 1.29 is 13.9 Å². The molecule has 3 nitrogen and oxygen atoms in total. The molecule has 1 heterocycles. The normalized spacial score (nSPS) is 16.4. The summed E-state index contributed by atoms with van der Waals surface area (Å²) in [5, 5.41) is 0. The first-order valence-corrected chi connectivity index (χ1v) is 7.14. The summed E-state index contributed by atoms with van der Waals surface area (Å²) in [6, 6.07) is 15.6. The molecule has 0 bridgehead atoms. The Morgan fingerprint density at radius 1 is 1.13 bits per heavy atom. The van der Waals surface area contributed by atoms with Crippen molar-refractivity contribution in [3.8, 4) is 0 Å². The van der Waals surface area contributed by atoms with Gasteiger partial charge in [-0.2, -0.15) is 0 Å². The SMILES string of the molecule is CC(=Cc1ccccc1)C=C1N=C(c2cccc(F)c2)OC1=O. The van der Waals surface area contributed by atoms with E-state index in [1.807, 2.05) is 43.3 Å². The van der Waals surface area contributed by atoms with E-state index < -0.39 is 11.8 Å². The van der Waals surface area contributed by atoms with Crippen molar-refractivity contribution in [1.82, 2.24) is 0 Å². The summed E-state index contributed by atoms with van der Waals surface area (Å²) < 4.78 is 18.4. The van der Waals surface area contributed by atoms with Gasteiger partial charge in [0.1, 0.15) is 5.82 Å². The molecule has 0 unspecified atom stereocenters. The number of hydrogen-bond acceptors (Lipinski definition) is 3. The van der Waals surface area contributed by atoms with Crippen LogP contribution in [0.5, 0.6) is 0 Å². The second-order valence-electron chi connectivity index (χ2n) is 5.15. The Kier molecular flexibility index (Phi) is 4.15. The maximum atomic E-state index is 13.2. The minimum Gasteiger partial charge on any atom is -0.402 e. The van der Waals surface area contributed by atoms with Gasteiger partial charge in [-0.1, -0.05) is 42.5 Å². The maximum absolute atomic E-state index is 13.2. The highest BCUT2D eigenvalue weighted by molar-refractivity contribution is 6.11. The van der Waals surface area contributed by atoms with Crippen LogP contribution in [-0.4, -0.2) is 11.9 Å². The van der Waals surface area contributed by atoms with E-state index in [-0.39, 0.29) is 11.6 Å². The predicted octanol–water partition coefficient (Wildman–Crippen LogP) is 4.12. The molecule has 0 N–H and O–H groups in total. The van der Waals surface area contributed by atoms with Gasteiger partial charge in [0.15, 0.2) is 5.70 Å². The van der Waals surface area contributed by atoms with Crippen LogP contribution in [0.15, 0.2) is 76.9 Å². The minimum atomic E-state index is -0.537. The standard InChI is InChI=1S/C19H14FNO2/c1-13(10-14-6-3-2-4-7-14)11-17-19(22)23-18(21-17)15-8-5-9-16(20)12-15/h2-12H,1H3. The molecule has 2 aromatic carbocycles. The van der Waals surface area contributed by atoms with E-state index in [2.05, 4.69) is 4.99 Å². The lowest BCUT2D eigenvalue weighted by atomic mass is 10.1. The fourth-order valence-electron chi connectivity index (χ4n) is 2.22. The largest absolute Gasteiger partial charge is 0.402 e. The van der Waals surface area contributed by atoms with E-state index in [0.29, 0.717) is 5.56 Å². The summed E-state index contributed by atoms with van der Waals surface area (Å²) in [4.78, 5) is 16.1. The highest BCUT2D eigenvalue weighted by atomic mass is 19.1. The van der Waals surface area contributed by atoms with Gasteiger partial charge in [-0.25, -0.2) is 14.2 Å². The molecule has 0 aliphatic carbocycles. The first kappa shape index (κ1) is 14.9. The summed E-state index contributed by atoms with van der Waals surface area (Å²) in [5.41, 5.74) is 2.54. The van der Waals surface area contributed by atoms with Gasteiger partial charge >= 0.3 is 5.97 Å². The number of aliphatic imine (C=N–C) groups is 1. The summed E-state index contributed by atoms with van der Waals surface area (Å²) in [6.07, 6.45) is 3.59. The molecule has 0 saturated carbocycles. The number of halogens is 1. The Labute approximate surface area is 133 Å². The number of esters is 1. The number of carbonyl (C=O) groups excluding carboxylic acids is 1. The van der Waals surface area contributed by atoms with E-state index in [1.165, 1.54) is 12.1 Å². The van der Waals surface area contributed by atoms with E-state index in [0.717, 1.165) is 11.1 Å². The molecule has 0 fully saturated rings. The Balaban J connectivity index is 1.88. The summed E-state index contributed by atoms with van der Waals surface area (Å²) in [6.45, 7) is 1.88. The topological polar surface area (TPSA) is 38.7 Å². The quantitative estimate of drug-likeness (QED) is 0.632. The Hall–Kier alpha value is -3.01. The highest BCUT2D eigenvalue weighted by Crippen LogP contribution is 2.19. The predicted molar refractivity (Wildman–Crippen MR) is 87.2 cm³/mol. The van der Waals surface area contributed by atoms with Gasteiger partial charge in [-0.3, -0.25) is 0 Å². The van der Waals surface area contributed by atoms with Crippen molar-refractivity contribution in [3.63, 3.8) is 0 Å². The van der Waals surface area contributed by atoms with Gasteiger partial charge in [0.25, 0.3) is 0 Å². The fourth-order valence-corrected chi connectivity index (χ4v) is 2.22. The molecule has 114 valence electrons. The molecule has 23 heavy (non-hydrogen) atoms. The molecule has 0 atom stereocenters. The monoisotopic (exact) mass is 307 g/mol. The zero-order valence-corrected chi connectivity index (χ0v) is 12.5. The van der Waals surface area contributed by atoms with Crippen LogP contribution in [0.2, 0.25) is 0 Å². The molecule has 1 aliphatic rings. The van der Waals surface area contributed by atoms with Crippen LogP contribution in [0.25, 0.3) is 6.08 Å². The van der Waals surface area contributed by atoms with Gasteiger partial charge in [-0.05, 0) is 42.3 Å². The van der Waals surface area contributed by atoms with Crippen molar-refractivity contribution in [3.05, 3.63) is 88.9 Å². The third-order valence-corrected chi connectivity index (χ3v) is 3.25. The van der Waals surface area contributed by atoms with Gasteiger partial charge < -0.3 is 4.74 Å². The Morgan fingerprint density at radius 2 is 1.91 bits per heavy atom. The molecule has 0 amide bonds. The molecule has 3 rings (SSSR count). The van der Waals surface area contributed by atoms with Gasteiger partial charge in [0, 0.05) is 5.56 Å². The molecule has 0 aromatic heterocycles. The van der Waals surface area contributed by atoms with Crippen molar-refractivity contribution >= 4 is 17.9 Å². The first-order valence-electron chi connectivity index (χ1n) is 7.14. The van der Waals surface area contributed by atoms with Gasteiger partial charge in [0.05, 0.1) is 0 Å². The van der Waals surface area contributed by atoms with E-state index >= 15 is 0 Å². The number of allylic oxidation sites excluding steroid dienone is 2. The third kappa shape index (κ3) is 3.61. The van der Waals surface area contributed by atoms with E-state index in [9.17, 15) is 9.18 Å². The van der Waals surface area contributed by atoms with Crippen molar-refractivity contribution in [2.24, 2.45) is 4.99 Å². The number of ether oxygens (including phenoxy) is 1. The zero-order chi connectivity index (χ0) is 16.2. The maximum Gasteiger partial charge on any atom is 0.363 e. The second kappa shape index (κ2) is 6.40. The number of nitrogens with zero attached hydrogens (tertiary/aromatic N) is 1. The molecule has 0 saturated heterocycles. The third-order valence-electron chi connectivity index (χ3n) is 3.25. The van der Waals surface area contributed by atoms with Crippen molar-refractivity contribution in [2.75, 3.05) is 0 Å². The number of carbonyl (C=O) groups is 1. The lowest BCUT2D eigenvalue weighted by Crippen LogP contribution is -2.05. The van der Waals surface area contributed by atoms with Crippen LogP contribution in [-0.2, 0) is 9.53 Å². The lowest BCUT2D eigenvalue weighted by Gasteiger charge is -1.98. The number of rotatable bonds is 3. The molecule has 0 radical (unpaired) electrons. The van der Waals surface area contributed by atoms with E-state index in [1.54, 1.807) is 18.2 Å². The molecular formula is C19H14FNO2. The number of benzene rings is 2. The van der Waals surface area contributed by atoms with Crippen molar-refractivity contribution in [2.45, 2.75) is 6.92 Å². The second-order valence-corrected chi connectivity index (χ2v) is 5.15. The van der Waals surface area contributed by atoms with Crippen LogP contribution in [0.3, 0.4) is 0 Å². The van der Waals surface area contributed by atoms with Crippen LogP contribution in [0.1, 0.15) is 18.1 Å².